The van der Waals surface area contributed by atoms with Crippen molar-refractivity contribution in [2.45, 2.75) is 70.2 Å². The summed E-state index contributed by atoms with van der Waals surface area (Å²) < 4.78 is 11.8. The second-order valence-electron chi connectivity index (χ2n) is 8.33. The Balaban J connectivity index is 1.44. The van der Waals surface area contributed by atoms with Gasteiger partial charge >= 0.3 is 6.09 Å². The molecule has 5 heteroatoms. The normalized spacial score (nSPS) is 25.3. The van der Waals surface area contributed by atoms with E-state index in [1.54, 1.807) is 0 Å². The molecule has 0 unspecified atom stereocenters. The lowest BCUT2D eigenvalue weighted by atomic mass is 10.0. The summed E-state index contributed by atoms with van der Waals surface area (Å²) in [6, 6.07) is 12.4. The predicted octanol–water partition coefficient (Wildman–Crippen LogP) is 4.54. The number of amides is 1. The Kier molecular flexibility index (Phi) is 4.25. The van der Waals surface area contributed by atoms with E-state index in [1.807, 2.05) is 62.1 Å². The van der Waals surface area contributed by atoms with Crippen molar-refractivity contribution in [1.29, 1.82) is 0 Å². The van der Waals surface area contributed by atoms with Gasteiger partial charge in [0.1, 0.15) is 11.7 Å². The average Bonchev–Trinajstić information content (AvgIpc) is 2.85. The van der Waals surface area contributed by atoms with Crippen LogP contribution in [0.15, 0.2) is 36.4 Å². The lowest BCUT2D eigenvalue weighted by molar-refractivity contribution is -0.00755. The highest BCUT2D eigenvalue weighted by molar-refractivity contribution is 5.78. The summed E-state index contributed by atoms with van der Waals surface area (Å²) in [4.78, 5) is 19.1. The molecule has 138 valence electrons. The summed E-state index contributed by atoms with van der Waals surface area (Å²) in [7, 11) is 0. The lowest BCUT2D eigenvalue weighted by Gasteiger charge is -2.39. The molecule has 1 aromatic heterocycles. The smallest absolute Gasteiger partial charge is 0.410 e. The summed E-state index contributed by atoms with van der Waals surface area (Å²) in [6.45, 7) is 5.73. The topological polar surface area (TPSA) is 51.7 Å². The van der Waals surface area contributed by atoms with Gasteiger partial charge in [0.05, 0.1) is 5.52 Å². The van der Waals surface area contributed by atoms with Crippen LogP contribution >= 0.6 is 0 Å². The van der Waals surface area contributed by atoms with E-state index in [0.29, 0.717) is 5.88 Å². The number of hydrogen-bond donors (Lipinski definition) is 0. The summed E-state index contributed by atoms with van der Waals surface area (Å²) in [5.41, 5.74) is 0.484. The molecular formula is C21H26N2O3. The van der Waals surface area contributed by atoms with E-state index in [0.717, 1.165) is 36.6 Å². The molecule has 2 fully saturated rings. The number of ether oxygens (including phenoxy) is 2. The fourth-order valence-corrected chi connectivity index (χ4v) is 4.12. The molecule has 3 heterocycles. The van der Waals surface area contributed by atoms with E-state index in [-0.39, 0.29) is 24.3 Å². The van der Waals surface area contributed by atoms with Gasteiger partial charge in [-0.2, -0.15) is 0 Å². The van der Waals surface area contributed by atoms with Crippen molar-refractivity contribution in [3.63, 3.8) is 0 Å². The average molecular weight is 354 g/mol. The van der Waals surface area contributed by atoms with Gasteiger partial charge < -0.3 is 14.4 Å². The predicted molar refractivity (Wildman–Crippen MR) is 100 cm³/mol. The van der Waals surface area contributed by atoms with Crippen molar-refractivity contribution in [3.8, 4) is 5.88 Å². The first kappa shape index (κ1) is 17.1. The third kappa shape index (κ3) is 3.48. The van der Waals surface area contributed by atoms with Crippen LogP contribution in [0, 0.1) is 0 Å². The molecule has 2 aliphatic rings. The molecule has 0 radical (unpaired) electrons. The molecule has 2 aliphatic heterocycles. The minimum Gasteiger partial charge on any atom is -0.474 e. The minimum atomic E-state index is -0.459. The largest absolute Gasteiger partial charge is 0.474 e. The number of nitrogens with zero attached hydrogens (tertiary/aromatic N) is 2. The number of aromatic nitrogens is 1. The standard InChI is InChI=1S/C21H26N2O3/c1-21(2,3)26-20(24)23-15-9-10-16(23)13-17(12-15)25-19-11-8-14-6-4-5-7-18(14)22-19/h4-8,11,15-17H,9-10,12-13H2,1-3H3/t15-,16+,17+. The van der Waals surface area contributed by atoms with Crippen LogP contribution in [0.1, 0.15) is 46.5 Å². The van der Waals surface area contributed by atoms with Gasteiger partial charge in [0, 0.05) is 36.4 Å². The maximum absolute atomic E-state index is 12.5. The zero-order valence-corrected chi connectivity index (χ0v) is 15.6. The Bertz CT molecular complexity index is 800. The van der Waals surface area contributed by atoms with Crippen molar-refractivity contribution >= 4 is 17.0 Å². The van der Waals surface area contributed by atoms with Gasteiger partial charge in [-0.3, -0.25) is 0 Å². The molecule has 1 aromatic carbocycles. The molecule has 3 atom stereocenters. The first-order chi connectivity index (χ1) is 12.4. The first-order valence-corrected chi connectivity index (χ1v) is 9.43. The Hall–Kier alpha value is -2.30. The quantitative estimate of drug-likeness (QED) is 0.794. The van der Waals surface area contributed by atoms with Crippen molar-refractivity contribution < 1.29 is 14.3 Å². The van der Waals surface area contributed by atoms with Crippen LogP contribution in [-0.2, 0) is 4.74 Å². The van der Waals surface area contributed by atoms with Crippen LogP contribution in [0.2, 0.25) is 0 Å². The van der Waals surface area contributed by atoms with Gasteiger partial charge in [0.15, 0.2) is 0 Å². The summed E-state index contributed by atoms with van der Waals surface area (Å²) >= 11 is 0. The van der Waals surface area contributed by atoms with E-state index >= 15 is 0 Å². The number of fused-ring (bicyclic) bond motifs is 3. The molecule has 0 aliphatic carbocycles. The zero-order chi connectivity index (χ0) is 18.3. The summed E-state index contributed by atoms with van der Waals surface area (Å²) in [5, 5.41) is 1.11. The van der Waals surface area contributed by atoms with Crippen molar-refractivity contribution in [2.24, 2.45) is 0 Å². The first-order valence-electron chi connectivity index (χ1n) is 9.43. The number of rotatable bonds is 2. The van der Waals surface area contributed by atoms with E-state index in [9.17, 15) is 4.79 Å². The second-order valence-corrected chi connectivity index (χ2v) is 8.33. The van der Waals surface area contributed by atoms with Crippen LogP contribution < -0.4 is 4.74 Å². The Labute approximate surface area is 154 Å². The number of hydrogen-bond acceptors (Lipinski definition) is 4. The van der Waals surface area contributed by atoms with E-state index < -0.39 is 5.60 Å². The Morgan fingerprint density at radius 2 is 1.77 bits per heavy atom. The van der Waals surface area contributed by atoms with Crippen LogP contribution in [0.5, 0.6) is 5.88 Å². The van der Waals surface area contributed by atoms with Gasteiger partial charge in [-0.15, -0.1) is 0 Å². The summed E-state index contributed by atoms with van der Waals surface area (Å²) in [5.74, 6) is 0.666. The summed E-state index contributed by atoms with van der Waals surface area (Å²) in [6.07, 6.45) is 3.63. The third-order valence-electron chi connectivity index (χ3n) is 5.15. The van der Waals surface area contributed by atoms with Gasteiger partial charge in [-0.25, -0.2) is 9.78 Å². The monoisotopic (exact) mass is 354 g/mol. The Morgan fingerprint density at radius 1 is 1.08 bits per heavy atom. The van der Waals surface area contributed by atoms with Crippen LogP contribution in [0.4, 0.5) is 4.79 Å². The maximum atomic E-state index is 12.5. The lowest BCUT2D eigenvalue weighted by Crippen LogP contribution is -2.50. The molecule has 2 saturated heterocycles. The Morgan fingerprint density at radius 3 is 2.46 bits per heavy atom. The number of carbonyl (C=O) groups excluding carboxylic acids is 1. The molecule has 0 spiro atoms. The highest BCUT2D eigenvalue weighted by atomic mass is 16.6. The number of para-hydroxylation sites is 1. The second kappa shape index (κ2) is 6.45. The zero-order valence-electron chi connectivity index (χ0n) is 15.6. The maximum Gasteiger partial charge on any atom is 0.410 e. The van der Waals surface area contributed by atoms with E-state index in [1.165, 1.54) is 0 Å². The highest BCUT2D eigenvalue weighted by Gasteiger charge is 2.45. The van der Waals surface area contributed by atoms with Gasteiger partial charge in [-0.1, -0.05) is 18.2 Å². The minimum absolute atomic E-state index is 0.0971. The van der Waals surface area contributed by atoms with Gasteiger partial charge in [0.25, 0.3) is 0 Å². The van der Waals surface area contributed by atoms with Gasteiger partial charge in [0.2, 0.25) is 5.88 Å². The van der Waals surface area contributed by atoms with Crippen molar-refractivity contribution in [3.05, 3.63) is 36.4 Å². The fourth-order valence-electron chi connectivity index (χ4n) is 4.12. The van der Waals surface area contributed by atoms with Crippen LogP contribution in [-0.4, -0.2) is 39.8 Å². The number of benzene rings is 1. The number of carbonyl (C=O) groups is 1. The van der Waals surface area contributed by atoms with Crippen molar-refractivity contribution in [1.82, 2.24) is 9.88 Å². The molecule has 2 aromatic rings. The number of piperidine rings is 1. The molecule has 26 heavy (non-hydrogen) atoms. The van der Waals surface area contributed by atoms with Gasteiger partial charge in [-0.05, 0) is 45.7 Å². The van der Waals surface area contributed by atoms with Crippen LogP contribution in [0.25, 0.3) is 10.9 Å². The molecule has 5 nitrogen and oxygen atoms in total. The molecule has 2 bridgehead atoms. The van der Waals surface area contributed by atoms with E-state index in [2.05, 4.69) is 4.98 Å². The molecule has 1 amide bonds. The van der Waals surface area contributed by atoms with E-state index in [4.69, 9.17) is 9.47 Å². The SMILES string of the molecule is CC(C)(C)OC(=O)N1[C@@H]2CC[C@H]1C[C@@H](Oc1ccc3ccccc3n1)C2. The molecule has 0 N–H and O–H groups in total. The molecular weight excluding hydrogens is 328 g/mol. The van der Waals surface area contributed by atoms with Crippen molar-refractivity contribution in [2.75, 3.05) is 0 Å². The third-order valence-corrected chi connectivity index (χ3v) is 5.15. The fraction of sp³-hybridized carbons (Fsp3) is 0.524. The number of pyridine rings is 1. The highest BCUT2D eigenvalue weighted by Crippen LogP contribution is 2.38. The molecule has 4 rings (SSSR count). The van der Waals surface area contributed by atoms with Crippen LogP contribution in [0.3, 0.4) is 0 Å². The molecule has 0 saturated carbocycles.